The Morgan fingerprint density at radius 3 is 2.58 bits per heavy atom. The SMILES string of the molecule is Cn1cc(C(=O)N2CCC3(CC2)CN(c2ccccc2)C(=O)CO3)cn1. The Labute approximate surface area is 152 Å². The summed E-state index contributed by atoms with van der Waals surface area (Å²) in [6, 6.07) is 9.68. The van der Waals surface area contributed by atoms with Gasteiger partial charge in [0.2, 0.25) is 0 Å². The number of aryl methyl sites for hydroxylation is 1. The fourth-order valence-electron chi connectivity index (χ4n) is 3.69. The molecule has 1 spiro atoms. The van der Waals surface area contributed by atoms with Crippen molar-refractivity contribution in [2.24, 2.45) is 7.05 Å². The lowest BCUT2D eigenvalue weighted by Gasteiger charge is -2.46. The molecule has 0 radical (unpaired) electrons. The van der Waals surface area contributed by atoms with Gasteiger partial charge >= 0.3 is 0 Å². The van der Waals surface area contributed by atoms with E-state index in [0.717, 1.165) is 18.5 Å². The Hall–Kier alpha value is -2.67. The highest BCUT2D eigenvalue weighted by Gasteiger charge is 2.43. The molecule has 1 aromatic carbocycles. The number of anilines is 1. The number of likely N-dealkylation sites (tertiary alicyclic amines) is 1. The minimum Gasteiger partial charge on any atom is -0.363 e. The fraction of sp³-hybridized carbons (Fsp3) is 0.421. The molecular weight excluding hydrogens is 332 g/mol. The molecule has 26 heavy (non-hydrogen) atoms. The molecule has 136 valence electrons. The molecule has 1 aromatic heterocycles. The smallest absolute Gasteiger partial charge is 0.257 e. The van der Waals surface area contributed by atoms with Gasteiger partial charge in [0, 0.05) is 32.0 Å². The van der Waals surface area contributed by atoms with Crippen molar-refractivity contribution in [3.63, 3.8) is 0 Å². The second kappa shape index (κ2) is 6.57. The highest BCUT2D eigenvalue weighted by molar-refractivity contribution is 5.95. The van der Waals surface area contributed by atoms with Crippen LogP contribution in [-0.4, -0.2) is 58.3 Å². The number of hydrogen-bond donors (Lipinski definition) is 0. The van der Waals surface area contributed by atoms with Crippen molar-refractivity contribution in [1.29, 1.82) is 0 Å². The molecule has 0 bridgehead atoms. The molecule has 0 unspecified atom stereocenters. The third-order valence-corrected chi connectivity index (χ3v) is 5.23. The molecule has 0 saturated carbocycles. The average Bonchev–Trinajstić information content (AvgIpc) is 3.11. The number of piperidine rings is 1. The highest BCUT2D eigenvalue weighted by atomic mass is 16.5. The zero-order chi connectivity index (χ0) is 18.1. The van der Waals surface area contributed by atoms with E-state index in [0.29, 0.717) is 25.2 Å². The summed E-state index contributed by atoms with van der Waals surface area (Å²) in [6.45, 7) is 1.85. The number of hydrogen-bond acceptors (Lipinski definition) is 4. The summed E-state index contributed by atoms with van der Waals surface area (Å²) < 4.78 is 7.59. The fourth-order valence-corrected chi connectivity index (χ4v) is 3.69. The Bertz CT molecular complexity index is 809. The molecular formula is C19H22N4O3. The molecule has 0 aliphatic carbocycles. The number of ether oxygens (including phenoxy) is 1. The van der Waals surface area contributed by atoms with E-state index in [2.05, 4.69) is 5.10 Å². The van der Waals surface area contributed by atoms with E-state index < -0.39 is 0 Å². The van der Waals surface area contributed by atoms with Crippen LogP contribution in [0.1, 0.15) is 23.2 Å². The minimum absolute atomic E-state index is 0.000230. The lowest BCUT2D eigenvalue weighted by molar-refractivity contribution is -0.143. The maximum atomic E-state index is 12.6. The molecule has 4 rings (SSSR count). The second-order valence-corrected chi connectivity index (χ2v) is 6.98. The largest absolute Gasteiger partial charge is 0.363 e. The van der Waals surface area contributed by atoms with Crippen LogP contribution < -0.4 is 4.90 Å². The molecule has 2 aliphatic heterocycles. The first-order valence-electron chi connectivity index (χ1n) is 8.84. The van der Waals surface area contributed by atoms with Gasteiger partial charge in [0.1, 0.15) is 6.61 Å². The molecule has 7 nitrogen and oxygen atoms in total. The Kier molecular flexibility index (Phi) is 4.24. The molecule has 0 atom stereocenters. The van der Waals surface area contributed by atoms with Gasteiger partial charge in [-0.3, -0.25) is 14.3 Å². The van der Waals surface area contributed by atoms with Crippen LogP contribution in [0.2, 0.25) is 0 Å². The number of benzene rings is 1. The van der Waals surface area contributed by atoms with Gasteiger partial charge in [-0.2, -0.15) is 5.10 Å². The van der Waals surface area contributed by atoms with Crippen LogP contribution >= 0.6 is 0 Å². The molecule has 3 heterocycles. The van der Waals surface area contributed by atoms with Crippen molar-refractivity contribution < 1.29 is 14.3 Å². The van der Waals surface area contributed by atoms with Gasteiger partial charge < -0.3 is 14.5 Å². The van der Waals surface area contributed by atoms with Gasteiger partial charge in [0.05, 0.1) is 23.9 Å². The number of aromatic nitrogens is 2. The van der Waals surface area contributed by atoms with E-state index in [1.807, 2.05) is 40.1 Å². The maximum absolute atomic E-state index is 12.6. The number of rotatable bonds is 2. The number of carbonyl (C=O) groups is 2. The van der Waals surface area contributed by atoms with E-state index >= 15 is 0 Å². The molecule has 2 saturated heterocycles. The van der Waals surface area contributed by atoms with Gasteiger partial charge in [-0.1, -0.05) is 18.2 Å². The van der Waals surface area contributed by atoms with Crippen LogP contribution in [0.15, 0.2) is 42.7 Å². The van der Waals surface area contributed by atoms with Crippen LogP contribution in [0.3, 0.4) is 0 Å². The van der Waals surface area contributed by atoms with Crippen LogP contribution in [0.5, 0.6) is 0 Å². The predicted octanol–water partition coefficient (Wildman–Crippen LogP) is 1.46. The van der Waals surface area contributed by atoms with Crippen LogP contribution in [-0.2, 0) is 16.6 Å². The monoisotopic (exact) mass is 354 g/mol. The lowest BCUT2D eigenvalue weighted by atomic mass is 9.88. The normalized spacial score (nSPS) is 19.8. The summed E-state index contributed by atoms with van der Waals surface area (Å²) in [5.41, 5.74) is 1.12. The molecule has 7 heteroatoms. The summed E-state index contributed by atoms with van der Waals surface area (Å²) in [7, 11) is 1.80. The molecule has 2 aromatic rings. The summed E-state index contributed by atoms with van der Waals surface area (Å²) in [5.74, 6) is -0.0181. The van der Waals surface area contributed by atoms with Crippen molar-refractivity contribution in [2.75, 3.05) is 31.1 Å². The molecule has 2 aliphatic rings. The first-order chi connectivity index (χ1) is 12.6. The zero-order valence-electron chi connectivity index (χ0n) is 14.8. The van der Waals surface area contributed by atoms with Crippen molar-refractivity contribution in [2.45, 2.75) is 18.4 Å². The van der Waals surface area contributed by atoms with Crippen molar-refractivity contribution in [3.05, 3.63) is 48.3 Å². The highest BCUT2D eigenvalue weighted by Crippen LogP contribution is 2.33. The minimum atomic E-state index is -0.379. The zero-order valence-corrected chi connectivity index (χ0v) is 14.8. The van der Waals surface area contributed by atoms with Gasteiger partial charge in [0.25, 0.3) is 11.8 Å². The summed E-state index contributed by atoms with van der Waals surface area (Å²) >= 11 is 0. The molecule has 2 fully saturated rings. The first kappa shape index (κ1) is 16.8. The standard InChI is InChI=1S/C19H22N4O3/c1-21-12-15(11-20-21)18(25)22-9-7-19(8-10-22)14-23(17(24)13-26-19)16-5-3-2-4-6-16/h2-6,11-12H,7-10,13-14H2,1H3. The number of amides is 2. The summed E-state index contributed by atoms with van der Waals surface area (Å²) in [4.78, 5) is 28.5. The summed E-state index contributed by atoms with van der Waals surface area (Å²) in [5, 5.41) is 4.07. The van der Waals surface area contributed by atoms with Gasteiger partial charge in [0.15, 0.2) is 0 Å². The summed E-state index contributed by atoms with van der Waals surface area (Å²) in [6.07, 6.45) is 4.77. The van der Waals surface area contributed by atoms with E-state index in [4.69, 9.17) is 4.74 Å². The van der Waals surface area contributed by atoms with E-state index in [-0.39, 0.29) is 24.0 Å². The first-order valence-corrected chi connectivity index (χ1v) is 8.84. The topological polar surface area (TPSA) is 67.7 Å². The van der Waals surface area contributed by atoms with Crippen LogP contribution in [0, 0.1) is 0 Å². The third kappa shape index (κ3) is 3.10. The third-order valence-electron chi connectivity index (χ3n) is 5.23. The van der Waals surface area contributed by atoms with Gasteiger partial charge in [-0.05, 0) is 25.0 Å². The Morgan fingerprint density at radius 1 is 1.19 bits per heavy atom. The van der Waals surface area contributed by atoms with E-state index in [1.54, 1.807) is 24.1 Å². The van der Waals surface area contributed by atoms with E-state index in [1.165, 1.54) is 0 Å². The van der Waals surface area contributed by atoms with Gasteiger partial charge in [-0.15, -0.1) is 0 Å². The van der Waals surface area contributed by atoms with Crippen molar-refractivity contribution in [1.82, 2.24) is 14.7 Å². The quantitative estimate of drug-likeness (QED) is 0.819. The Morgan fingerprint density at radius 2 is 1.92 bits per heavy atom. The van der Waals surface area contributed by atoms with Crippen molar-refractivity contribution >= 4 is 17.5 Å². The second-order valence-electron chi connectivity index (χ2n) is 6.98. The van der Waals surface area contributed by atoms with Gasteiger partial charge in [-0.25, -0.2) is 0 Å². The Balaban J connectivity index is 1.44. The number of carbonyl (C=O) groups excluding carboxylic acids is 2. The van der Waals surface area contributed by atoms with Crippen molar-refractivity contribution in [3.8, 4) is 0 Å². The maximum Gasteiger partial charge on any atom is 0.257 e. The predicted molar refractivity (Wildman–Crippen MR) is 95.8 cm³/mol. The van der Waals surface area contributed by atoms with Crippen LogP contribution in [0.25, 0.3) is 0 Å². The number of para-hydroxylation sites is 1. The molecule has 2 amide bonds. The van der Waals surface area contributed by atoms with E-state index in [9.17, 15) is 9.59 Å². The lowest BCUT2D eigenvalue weighted by Crippen LogP contribution is -2.59. The van der Waals surface area contributed by atoms with Crippen LogP contribution in [0.4, 0.5) is 5.69 Å². The average molecular weight is 354 g/mol. The number of nitrogens with zero attached hydrogens (tertiary/aromatic N) is 4. The molecule has 0 N–H and O–H groups in total. The number of morpholine rings is 1.